The molecule has 1 aliphatic rings. The number of carbonyl (C=O) groups excluding carboxylic acids is 1. The number of nitro benzene ring substituents is 1. The molecule has 3 aromatic rings. The van der Waals surface area contributed by atoms with Gasteiger partial charge in [0.25, 0.3) is 11.6 Å². The van der Waals surface area contributed by atoms with Crippen LogP contribution in [0.25, 0.3) is 0 Å². The molecule has 1 aromatic heterocycles. The third kappa shape index (κ3) is 4.55. The fraction of sp³-hybridized carbons (Fsp3) is 0.143. The van der Waals surface area contributed by atoms with Crippen molar-refractivity contribution in [1.82, 2.24) is 5.01 Å². The zero-order chi connectivity index (χ0) is 22.0. The van der Waals surface area contributed by atoms with Gasteiger partial charge in [0.15, 0.2) is 6.61 Å². The maximum atomic E-state index is 12.9. The second kappa shape index (κ2) is 8.79. The van der Waals surface area contributed by atoms with Crippen molar-refractivity contribution < 1.29 is 18.9 Å². The van der Waals surface area contributed by atoms with Crippen LogP contribution in [0.2, 0.25) is 10.0 Å². The molecule has 0 fully saturated rings. The van der Waals surface area contributed by atoms with Crippen LogP contribution in [0, 0.1) is 10.1 Å². The number of halogens is 2. The van der Waals surface area contributed by atoms with Gasteiger partial charge in [-0.05, 0) is 35.9 Å². The lowest BCUT2D eigenvalue weighted by molar-refractivity contribution is -0.384. The molecule has 10 heteroatoms. The van der Waals surface area contributed by atoms with Gasteiger partial charge in [-0.1, -0.05) is 35.3 Å². The van der Waals surface area contributed by atoms with Crippen LogP contribution in [0.3, 0.4) is 0 Å². The molecule has 158 valence electrons. The number of amides is 1. The van der Waals surface area contributed by atoms with Crippen LogP contribution in [0.5, 0.6) is 5.75 Å². The number of ether oxygens (including phenoxy) is 1. The van der Waals surface area contributed by atoms with Gasteiger partial charge in [0.05, 0.1) is 21.9 Å². The molecular weight excluding hydrogens is 445 g/mol. The first kappa shape index (κ1) is 20.9. The first-order valence-electron chi connectivity index (χ1n) is 9.18. The van der Waals surface area contributed by atoms with E-state index in [0.717, 1.165) is 5.56 Å². The Labute approximate surface area is 186 Å². The van der Waals surface area contributed by atoms with Gasteiger partial charge in [-0.3, -0.25) is 14.9 Å². The number of hydrazone groups is 1. The lowest BCUT2D eigenvalue weighted by atomic mass is 10.0. The molecule has 1 amide bonds. The Morgan fingerprint density at radius 2 is 2.00 bits per heavy atom. The number of benzene rings is 2. The second-order valence-corrected chi connectivity index (χ2v) is 7.53. The molecule has 4 rings (SSSR count). The van der Waals surface area contributed by atoms with Crippen molar-refractivity contribution in [3.05, 3.63) is 92.3 Å². The summed E-state index contributed by atoms with van der Waals surface area (Å²) in [5.41, 5.74) is 1.38. The van der Waals surface area contributed by atoms with E-state index >= 15 is 0 Å². The largest absolute Gasteiger partial charge is 0.482 e. The molecule has 1 atom stereocenters. The van der Waals surface area contributed by atoms with E-state index in [1.807, 2.05) is 12.1 Å². The number of non-ortho nitro benzene ring substituents is 1. The Balaban J connectivity index is 1.53. The topological polar surface area (TPSA) is 98.2 Å². The van der Waals surface area contributed by atoms with Crippen LogP contribution in [0.15, 0.2) is 70.4 Å². The number of hydrogen-bond donors (Lipinski definition) is 0. The van der Waals surface area contributed by atoms with E-state index in [2.05, 4.69) is 5.10 Å². The van der Waals surface area contributed by atoms with Gasteiger partial charge in [0.2, 0.25) is 0 Å². The van der Waals surface area contributed by atoms with E-state index in [0.29, 0.717) is 22.9 Å². The Bertz CT molecular complexity index is 1150. The number of nitrogens with zero attached hydrogens (tertiary/aromatic N) is 3. The highest BCUT2D eigenvalue weighted by atomic mass is 35.5. The molecule has 1 aliphatic heterocycles. The average molecular weight is 460 g/mol. The number of hydrogen-bond acceptors (Lipinski definition) is 6. The van der Waals surface area contributed by atoms with Gasteiger partial charge in [0.1, 0.15) is 17.6 Å². The molecule has 31 heavy (non-hydrogen) atoms. The van der Waals surface area contributed by atoms with Crippen LogP contribution in [0.1, 0.15) is 23.8 Å². The SMILES string of the molecule is O=C(COc1ccc([N+](=O)[O-])cc1Cl)N1N=C(c2ccc(Cl)cc2)C[C@@H]1c1ccco1. The molecule has 0 spiro atoms. The fourth-order valence-electron chi connectivity index (χ4n) is 3.19. The zero-order valence-corrected chi connectivity index (χ0v) is 17.4. The zero-order valence-electron chi connectivity index (χ0n) is 15.9. The highest BCUT2D eigenvalue weighted by Gasteiger charge is 2.35. The molecule has 0 saturated carbocycles. The van der Waals surface area contributed by atoms with E-state index in [4.69, 9.17) is 32.4 Å². The normalized spacial score (nSPS) is 15.6. The maximum Gasteiger partial charge on any atom is 0.281 e. The Morgan fingerprint density at radius 1 is 1.23 bits per heavy atom. The summed E-state index contributed by atoms with van der Waals surface area (Å²) in [6, 6.07) is 14.0. The van der Waals surface area contributed by atoms with Crippen LogP contribution in [-0.2, 0) is 4.79 Å². The van der Waals surface area contributed by atoms with Crippen molar-refractivity contribution in [2.45, 2.75) is 12.5 Å². The number of furan rings is 1. The third-order valence-corrected chi connectivity index (χ3v) is 5.24. The average Bonchev–Trinajstić information content (AvgIpc) is 3.43. The lowest BCUT2D eigenvalue weighted by Crippen LogP contribution is -2.31. The first-order valence-corrected chi connectivity index (χ1v) is 9.93. The minimum absolute atomic E-state index is 0.0383. The molecule has 0 aliphatic carbocycles. The van der Waals surface area contributed by atoms with Crippen molar-refractivity contribution in [3.63, 3.8) is 0 Å². The van der Waals surface area contributed by atoms with E-state index in [1.165, 1.54) is 29.5 Å². The first-order chi connectivity index (χ1) is 14.9. The van der Waals surface area contributed by atoms with Crippen LogP contribution in [0.4, 0.5) is 5.69 Å². The fourth-order valence-corrected chi connectivity index (χ4v) is 3.54. The molecule has 2 heterocycles. The summed E-state index contributed by atoms with van der Waals surface area (Å²) in [6.45, 7) is -0.355. The number of carbonyl (C=O) groups is 1. The van der Waals surface area contributed by atoms with Crippen LogP contribution < -0.4 is 4.74 Å². The summed E-state index contributed by atoms with van der Waals surface area (Å²) in [6.07, 6.45) is 1.99. The smallest absolute Gasteiger partial charge is 0.281 e. The standard InChI is InChI=1S/C21H15Cl2N3O5/c22-14-5-3-13(4-6-14)17-11-18(20-2-1-9-30-20)25(24-17)21(27)12-31-19-8-7-15(26(28)29)10-16(19)23/h1-10,18H,11-12H2/t18-/m1/s1. The summed E-state index contributed by atoms with van der Waals surface area (Å²) < 4.78 is 11.0. The highest BCUT2D eigenvalue weighted by molar-refractivity contribution is 6.32. The Morgan fingerprint density at radius 3 is 2.65 bits per heavy atom. The second-order valence-electron chi connectivity index (χ2n) is 6.69. The summed E-state index contributed by atoms with van der Waals surface area (Å²) in [7, 11) is 0. The molecule has 0 N–H and O–H groups in total. The van der Waals surface area contributed by atoms with Crippen LogP contribution >= 0.6 is 23.2 Å². The van der Waals surface area contributed by atoms with Gasteiger partial charge in [-0.15, -0.1) is 0 Å². The van der Waals surface area contributed by atoms with Crippen molar-refractivity contribution in [2.75, 3.05) is 6.61 Å². The molecule has 8 nitrogen and oxygen atoms in total. The monoisotopic (exact) mass is 459 g/mol. The molecule has 0 radical (unpaired) electrons. The highest BCUT2D eigenvalue weighted by Crippen LogP contribution is 2.34. The lowest BCUT2D eigenvalue weighted by Gasteiger charge is -2.20. The Kier molecular flexibility index (Phi) is 5.92. The van der Waals surface area contributed by atoms with Gasteiger partial charge in [-0.2, -0.15) is 5.10 Å². The van der Waals surface area contributed by atoms with Crippen molar-refractivity contribution in [2.24, 2.45) is 5.10 Å². The minimum atomic E-state index is -0.563. The van der Waals surface area contributed by atoms with Gasteiger partial charge < -0.3 is 9.15 Å². The number of rotatable bonds is 6. The minimum Gasteiger partial charge on any atom is -0.482 e. The molecule has 0 bridgehead atoms. The van der Waals surface area contributed by atoms with E-state index in [9.17, 15) is 14.9 Å². The molecular formula is C21H15Cl2N3O5. The van der Waals surface area contributed by atoms with E-state index in [-0.39, 0.29) is 23.1 Å². The molecule has 2 aromatic carbocycles. The van der Waals surface area contributed by atoms with Crippen molar-refractivity contribution in [1.29, 1.82) is 0 Å². The maximum absolute atomic E-state index is 12.9. The third-order valence-electron chi connectivity index (χ3n) is 4.69. The van der Waals surface area contributed by atoms with Gasteiger partial charge in [-0.25, -0.2) is 5.01 Å². The molecule has 0 unspecified atom stereocenters. The summed E-state index contributed by atoms with van der Waals surface area (Å²) >= 11 is 12.0. The summed E-state index contributed by atoms with van der Waals surface area (Å²) in [5.74, 6) is 0.338. The molecule has 0 saturated heterocycles. The predicted molar refractivity (Wildman–Crippen MR) is 115 cm³/mol. The summed E-state index contributed by atoms with van der Waals surface area (Å²) in [4.78, 5) is 23.2. The predicted octanol–water partition coefficient (Wildman–Crippen LogP) is 5.25. The van der Waals surface area contributed by atoms with Crippen LogP contribution in [-0.4, -0.2) is 28.2 Å². The van der Waals surface area contributed by atoms with Gasteiger partial charge in [0, 0.05) is 23.6 Å². The summed E-state index contributed by atoms with van der Waals surface area (Å²) in [5, 5.41) is 17.3. The Hall–Kier alpha value is -3.36. The van der Waals surface area contributed by atoms with E-state index in [1.54, 1.807) is 24.3 Å². The number of nitro groups is 1. The van der Waals surface area contributed by atoms with Gasteiger partial charge >= 0.3 is 0 Å². The van der Waals surface area contributed by atoms with Crippen molar-refractivity contribution >= 4 is 40.5 Å². The van der Waals surface area contributed by atoms with Crippen molar-refractivity contribution in [3.8, 4) is 5.75 Å². The van der Waals surface area contributed by atoms with E-state index < -0.39 is 16.9 Å². The quantitative estimate of drug-likeness (QED) is 0.370.